The van der Waals surface area contributed by atoms with Crippen molar-refractivity contribution in [2.75, 3.05) is 44.0 Å². The standard InChI is InChI=1S/C24H27N3O6S/c28-22(6-7-24(30)31)25-18-2-1-3-19(13-18)34-15-23(29)27-10-8-26(9-11-27)14-17-4-5-20-21(12-17)33-16-32-20/h1-5,12-13H,6-11,14-16H2,(H,25,28)(H,30,31). The van der Waals surface area contributed by atoms with Gasteiger partial charge in [0.15, 0.2) is 11.5 Å². The van der Waals surface area contributed by atoms with Gasteiger partial charge in [0.2, 0.25) is 18.6 Å². The topological polar surface area (TPSA) is 108 Å². The van der Waals surface area contributed by atoms with Crippen LogP contribution in [-0.2, 0) is 20.9 Å². The second kappa shape index (κ2) is 11.3. The number of carboxylic acid groups (broad SMARTS) is 1. The summed E-state index contributed by atoms with van der Waals surface area (Å²) >= 11 is 1.42. The molecule has 1 fully saturated rings. The lowest BCUT2D eigenvalue weighted by Gasteiger charge is -2.34. The molecule has 0 bridgehead atoms. The number of hydrogen-bond acceptors (Lipinski definition) is 7. The summed E-state index contributed by atoms with van der Waals surface area (Å²) in [6, 6.07) is 13.2. The van der Waals surface area contributed by atoms with Gasteiger partial charge < -0.3 is 24.8 Å². The predicted molar refractivity (Wildman–Crippen MR) is 127 cm³/mol. The first kappa shape index (κ1) is 23.9. The summed E-state index contributed by atoms with van der Waals surface area (Å²) in [4.78, 5) is 40.2. The van der Waals surface area contributed by atoms with E-state index < -0.39 is 5.97 Å². The van der Waals surface area contributed by atoms with Crippen LogP contribution in [-0.4, -0.2) is 71.4 Å². The molecule has 0 radical (unpaired) electrons. The normalized spacial score (nSPS) is 15.2. The first-order valence-electron chi connectivity index (χ1n) is 11.1. The Bertz CT molecular complexity index is 1050. The average molecular weight is 486 g/mol. The Labute approximate surface area is 202 Å². The van der Waals surface area contributed by atoms with E-state index in [1.165, 1.54) is 11.8 Å². The number of ether oxygens (including phenoxy) is 2. The zero-order valence-electron chi connectivity index (χ0n) is 18.7. The molecule has 2 heterocycles. The average Bonchev–Trinajstić information content (AvgIpc) is 3.30. The van der Waals surface area contributed by atoms with E-state index in [0.717, 1.165) is 41.6 Å². The fourth-order valence-electron chi connectivity index (χ4n) is 3.80. The maximum Gasteiger partial charge on any atom is 0.303 e. The number of rotatable bonds is 9. The van der Waals surface area contributed by atoms with Crippen molar-refractivity contribution in [1.29, 1.82) is 0 Å². The van der Waals surface area contributed by atoms with Crippen molar-refractivity contribution >= 4 is 35.2 Å². The number of anilines is 1. The number of fused-ring (bicyclic) bond motifs is 1. The molecule has 2 aromatic carbocycles. The number of nitrogens with zero attached hydrogens (tertiary/aromatic N) is 2. The highest BCUT2D eigenvalue weighted by Crippen LogP contribution is 2.33. The first-order valence-corrected chi connectivity index (χ1v) is 12.1. The molecule has 2 aromatic rings. The predicted octanol–water partition coefficient (Wildman–Crippen LogP) is 2.66. The van der Waals surface area contributed by atoms with Gasteiger partial charge in [-0.15, -0.1) is 11.8 Å². The number of benzene rings is 2. The Kier molecular flexibility index (Phi) is 7.91. The van der Waals surface area contributed by atoms with Crippen LogP contribution in [0.5, 0.6) is 11.5 Å². The molecule has 0 aliphatic carbocycles. The number of piperazine rings is 1. The van der Waals surface area contributed by atoms with Gasteiger partial charge >= 0.3 is 5.97 Å². The van der Waals surface area contributed by atoms with E-state index in [-0.39, 0.29) is 31.4 Å². The third-order valence-electron chi connectivity index (χ3n) is 5.61. The molecule has 2 aliphatic heterocycles. The van der Waals surface area contributed by atoms with Crippen LogP contribution in [0.15, 0.2) is 47.4 Å². The van der Waals surface area contributed by atoms with Gasteiger partial charge in [0, 0.05) is 49.7 Å². The van der Waals surface area contributed by atoms with Crippen molar-refractivity contribution in [2.24, 2.45) is 0 Å². The van der Waals surface area contributed by atoms with E-state index in [9.17, 15) is 14.4 Å². The van der Waals surface area contributed by atoms with Crippen LogP contribution in [0.3, 0.4) is 0 Å². The van der Waals surface area contributed by atoms with Gasteiger partial charge in [-0.1, -0.05) is 12.1 Å². The van der Waals surface area contributed by atoms with Crippen molar-refractivity contribution in [3.8, 4) is 11.5 Å². The Morgan fingerprint density at radius 1 is 0.971 bits per heavy atom. The number of nitrogens with one attached hydrogen (secondary N) is 1. The molecule has 4 rings (SSSR count). The van der Waals surface area contributed by atoms with Crippen LogP contribution in [0.4, 0.5) is 5.69 Å². The molecule has 34 heavy (non-hydrogen) atoms. The molecule has 0 atom stereocenters. The summed E-state index contributed by atoms with van der Waals surface area (Å²) in [6.07, 6.45) is -0.287. The number of thioether (sulfide) groups is 1. The number of hydrogen-bond donors (Lipinski definition) is 2. The fraction of sp³-hybridized carbons (Fsp3) is 0.375. The van der Waals surface area contributed by atoms with E-state index in [1.807, 2.05) is 29.2 Å². The molecular weight excluding hydrogens is 458 g/mol. The van der Waals surface area contributed by atoms with E-state index in [0.29, 0.717) is 24.5 Å². The van der Waals surface area contributed by atoms with Crippen molar-refractivity contribution < 1.29 is 29.0 Å². The van der Waals surface area contributed by atoms with Crippen LogP contribution < -0.4 is 14.8 Å². The number of carbonyl (C=O) groups is 3. The number of aliphatic carboxylic acids is 1. The molecule has 0 aromatic heterocycles. The maximum atomic E-state index is 12.7. The van der Waals surface area contributed by atoms with Gasteiger partial charge in [-0.3, -0.25) is 19.3 Å². The van der Waals surface area contributed by atoms with Gasteiger partial charge in [-0.05, 0) is 35.9 Å². The van der Waals surface area contributed by atoms with Gasteiger partial charge in [0.1, 0.15) is 0 Å². The van der Waals surface area contributed by atoms with E-state index in [2.05, 4.69) is 10.2 Å². The van der Waals surface area contributed by atoms with E-state index in [1.54, 1.807) is 18.2 Å². The summed E-state index contributed by atoms with van der Waals surface area (Å²) in [5.74, 6) is 0.614. The molecule has 10 heteroatoms. The molecule has 2 amide bonds. The highest BCUT2D eigenvalue weighted by Gasteiger charge is 2.22. The molecule has 0 saturated carbocycles. The Hall–Kier alpha value is -3.24. The molecule has 2 aliphatic rings. The van der Waals surface area contributed by atoms with E-state index >= 15 is 0 Å². The lowest BCUT2D eigenvalue weighted by molar-refractivity contribution is -0.138. The van der Waals surface area contributed by atoms with Crippen LogP contribution in [0.1, 0.15) is 18.4 Å². The fourth-order valence-corrected chi connectivity index (χ4v) is 4.65. The van der Waals surface area contributed by atoms with E-state index in [4.69, 9.17) is 14.6 Å². The maximum absolute atomic E-state index is 12.7. The summed E-state index contributed by atoms with van der Waals surface area (Å²) in [5, 5.41) is 11.4. The molecule has 0 unspecified atom stereocenters. The third kappa shape index (κ3) is 6.64. The molecule has 180 valence electrons. The SMILES string of the molecule is O=C(O)CCC(=O)Nc1cccc(SCC(=O)N2CCN(Cc3ccc4c(c3)OCO4)CC2)c1. The molecule has 0 spiro atoms. The van der Waals surface area contributed by atoms with Crippen molar-refractivity contribution in [1.82, 2.24) is 9.80 Å². The van der Waals surface area contributed by atoms with Crippen molar-refractivity contribution in [3.05, 3.63) is 48.0 Å². The summed E-state index contributed by atoms with van der Waals surface area (Å²) in [6.45, 7) is 4.06. The van der Waals surface area contributed by atoms with Crippen molar-refractivity contribution in [3.63, 3.8) is 0 Å². The minimum atomic E-state index is -1.01. The monoisotopic (exact) mass is 485 g/mol. The Morgan fingerprint density at radius 3 is 2.56 bits per heavy atom. The summed E-state index contributed by atoms with van der Waals surface area (Å²) in [7, 11) is 0. The quantitative estimate of drug-likeness (QED) is 0.522. The van der Waals surface area contributed by atoms with Gasteiger partial charge in [0.05, 0.1) is 12.2 Å². The smallest absolute Gasteiger partial charge is 0.303 e. The van der Waals surface area contributed by atoms with Crippen molar-refractivity contribution in [2.45, 2.75) is 24.3 Å². The number of amides is 2. The zero-order valence-corrected chi connectivity index (χ0v) is 19.5. The lowest BCUT2D eigenvalue weighted by Crippen LogP contribution is -2.48. The van der Waals surface area contributed by atoms with Crippen LogP contribution >= 0.6 is 11.8 Å². The summed E-state index contributed by atoms with van der Waals surface area (Å²) in [5.41, 5.74) is 1.75. The summed E-state index contributed by atoms with van der Waals surface area (Å²) < 4.78 is 10.8. The molecule has 9 nitrogen and oxygen atoms in total. The highest BCUT2D eigenvalue weighted by atomic mass is 32.2. The molecular formula is C24H27N3O6S. The Balaban J connectivity index is 1.20. The molecule has 1 saturated heterocycles. The number of carboxylic acids is 1. The van der Waals surface area contributed by atoms with Gasteiger partial charge in [0.25, 0.3) is 0 Å². The van der Waals surface area contributed by atoms with Gasteiger partial charge in [-0.25, -0.2) is 0 Å². The number of carbonyl (C=O) groups excluding carboxylic acids is 2. The minimum absolute atomic E-state index is 0.0775. The minimum Gasteiger partial charge on any atom is -0.481 e. The van der Waals surface area contributed by atoms with Crippen LogP contribution in [0, 0.1) is 0 Å². The lowest BCUT2D eigenvalue weighted by atomic mass is 10.1. The first-order chi connectivity index (χ1) is 16.5. The second-order valence-corrected chi connectivity index (χ2v) is 9.15. The molecule has 2 N–H and O–H groups in total. The Morgan fingerprint density at radius 2 is 1.76 bits per heavy atom. The zero-order chi connectivity index (χ0) is 23.9. The van der Waals surface area contributed by atoms with Crippen LogP contribution in [0.2, 0.25) is 0 Å². The largest absolute Gasteiger partial charge is 0.481 e. The third-order valence-corrected chi connectivity index (χ3v) is 6.59. The van der Waals surface area contributed by atoms with Crippen LogP contribution in [0.25, 0.3) is 0 Å². The van der Waals surface area contributed by atoms with Gasteiger partial charge in [-0.2, -0.15) is 0 Å². The highest BCUT2D eigenvalue weighted by molar-refractivity contribution is 8.00. The second-order valence-electron chi connectivity index (χ2n) is 8.10.